The highest BCUT2D eigenvalue weighted by Crippen LogP contribution is 2.34. The molecule has 9 heteroatoms. The molecule has 2 aliphatic heterocycles. The Balaban J connectivity index is 1.18. The van der Waals surface area contributed by atoms with Crippen molar-refractivity contribution in [1.29, 1.82) is 0 Å². The molecule has 1 unspecified atom stereocenters. The second-order valence-electron chi connectivity index (χ2n) is 10.9. The summed E-state index contributed by atoms with van der Waals surface area (Å²) < 4.78 is 13.3. The summed E-state index contributed by atoms with van der Waals surface area (Å²) in [7, 11) is 5.62. The number of para-hydroxylation sites is 1. The molecule has 2 aromatic carbocycles. The number of likely N-dealkylation sites (N-methyl/N-ethyl adjacent to an activating group) is 1. The molecule has 2 aromatic heterocycles. The van der Waals surface area contributed by atoms with Gasteiger partial charge in [0.1, 0.15) is 11.5 Å². The lowest BCUT2D eigenvalue weighted by atomic mass is 9.96. The number of nitrogens with zero attached hydrogens (tertiary/aromatic N) is 6. The van der Waals surface area contributed by atoms with Crippen LogP contribution in [0.3, 0.4) is 0 Å². The van der Waals surface area contributed by atoms with E-state index in [1.54, 1.807) is 14.2 Å². The quantitative estimate of drug-likeness (QED) is 0.347. The van der Waals surface area contributed by atoms with Crippen LogP contribution in [-0.2, 0) is 0 Å². The number of piperazine rings is 1. The predicted molar refractivity (Wildman–Crippen MR) is 160 cm³/mol. The lowest BCUT2D eigenvalue weighted by Crippen LogP contribution is -2.48. The summed E-state index contributed by atoms with van der Waals surface area (Å²) in [5.41, 5.74) is 4.86. The van der Waals surface area contributed by atoms with Crippen LogP contribution in [0.25, 0.3) is 16.8 Å². The number of anilines is 3. The van der Waals surface area contributed by atoms with E-state index < -0.39 is 0 Å². The normalized spacial score (nSPS) is 18.7. The van der Waals surface area contributed by atoms with E-state index in [2.05, 4.69) is 50.2 Å². The average Bonchev–Trinajstić information content (AvgIpc) is 3.42. The predicted octanol–water partition coefficient (Wildman–Crippen LogP) is 4.62. The first kappa shape index (κ1) is 26.4. The average molecular weight is 542 g/mol. The van der Waals surface area contributed by atoms with Crippen LogP contribution in [0.5, 0.6) is 11.5 Å². The smallest absolute Gasteiger partial charge is 0.245 e. The Hall–Kier alpha value is -3.82. The molecule has 2 saturated heterocycles. The lowest BCUT2D eigenvalue weighted by molar-refractivity contribution is 0.131. The van der Waals surface area contributed by atoms with E-state index in [1.165, 1.54) is 51.3 Å². The summed E-state index contributed by atoms with van der Waals surface area (Å²) in [5, 5.41) is 8.19. The molecule has 0 spiro atoms. The van der Waals surface area contributed by atoms with E-state index in [0.717, 1.165) is 47.1 Å². The number of hydrogen-bond donors (Lipinski definition) is 1. The van der Waals surface area contributed by atoms with Crippen molar-refractivity contribution in [1.82, 2.24) is 24.4 Å². The zero-order valence-electron chi connectivity index (χ0n) is 23.7. The van der Waals surface area contributed by atoms with Crippen molar-refractivity contribution >= 4 is 22.8 Å². The van der Waals surface area contributed by atoms with Gasteiger partial charge in [0.15, 0.2) is 0 Å². The molecule has 0 bridgehead atoms. The van der Waals surface area contributed by atoms with Crippen molar-refractivity contribution < 1.29 is 9.47 Å². The molecule has 0 amide bonds. The highest BCUT2D eigenvalue weighted by atomic mass is 16.5. The minimum atomic E-state index is 0.496. The third-order valence-electron chi connectivity index (χ3n) is 8.21. The van der Waals surface area contributed by atoms with Crippen molar-refractivity contribution in [2.75, 3.05) is 77.3 Å². The van der Waals surface area contributed by atoms with Crippen molar-refractivity contribution in [2.24, 2.45) is 5.92 Å². The molecule has 1 atom stereocenters. The fourth-order valence-electron chi connectivity index (χ4n) is 5.96. The summed E-state index contributed by atoms with van der Waals surface area (Å²) in [4.78, 5) is 12.1. The third-order valence-corrected chi connectivity index (χ3v) is 8.21. The molecular formula is C31H39N7O2. The molecule has 2 aliphatic rings. The number of nitrogens with one attached hydrogen (secondary N) is 1. The monoisotopic (exact) mass is 541 g/mol. The van der Waals surface area contributed by atoms with Gasteiger partial charge in [-0.3, -0.25) is 0 Å². The molecule has 2 fully saturated rings. The number of piperidine rings is 1. The van der Waals surface area contributed by atoms with Gasteiger partial charge in [-0.2, -0.15) is 0 Å². The molecule has 9 nitrogen and oxygen atoms in total. The van der Waals surface area contributed by atoms with Crippen LogP contribution in [-0.4, -0.2) is 91.5 Å². The summed E-state index contributed by atoms with van der Waals surface area (Å²) in [6.07, 6.45) is 4.35. The first-order chi connectivity index (χ1) is 19.6. The molecule has 6 rings (SSSR count). The zero-order chi connectivity index (χ0) is 27.5. The van der Waals surface area contributed by atoms with Gasteiger partial charge in [0, 0.05) is 63.1 Å². The number of fused-ring (bicyclic) bond motifs is 1. The first-order valence-electron chi connectivity index (χ1n) is 14.2. The Morgan fingerprint density at radius 1 is 0.925 bits per heavy atom. The molecule has 210 valence electrons. The van der Waals surface area contributed by atoms with E-state index in [4.69, 9.17) is 14.6 Å². The van der Waals surface area contributed by atoms with Gasteiger partial charge in [-0.1, -0.05) is 12.1 Å². The number of methoxy groups -OCH3 is 2. The largest absolute Gasteiger partial charge is 0.496 e. The minimum absolute atomic E-state index is 0.496. The maximum atomic E-state index is 5.82. The van der Waals surface area contributed by atoms with Crippen molar-refractivity contribution in [2.45, 2.75) is 12.8 Å². The van der Waals surface area contributed by atoms with E-state index in [1.807, 2.05) is 47.1 Å². The number of aromatic nitrogens is 3. The van der Waals surface area contributed by atoms with Crippen LogP contribution >= 0.6 is 0 Å². The van der Waals surface area contributed by atoms with Crippen LogP contribution in [0.2, 0.25) is 0 Å². The zero-order valence-corrected chi connectivity index (χ0v) is 23.7. The molecule has 0 saturated carbocycles. The summed E-state index contributed by atoms with van der Waals surface area (Å²) >= 11 is 0. The van der Waals surface area contributed by atoms with Gasteiger partial charge in [0.05, 0.1) is 37.3 Å². The van der Waals surface area contributed by atoms with Gasteiger partial charge in [0.2, 0.25) is 5.95 Å². The fourth-order valence-corrected chi connectivity index (χ4v) is 5.96. The van der Waals surface area contributed by atoms with E-state index in [-0.39, 0.29) is 0 Å². The summed E-state index contributed by atoms with van der Waals surface area (Å²) in [6.45, 7) is 8.06. The molecule has 4 aromatic rings. The molecule has 1 N–H and O–H groups in total. The topological polar surface area (TPSA) is 70.4 Å². The van der Waals surface area contributed by atoms with Gasteiger partial charge in [-0.05, 0) is 62.2 Å². The lowest BCUT2D eigenvalue weighted by Gasteiger charge is -2.39. The van der Waals surface area contributed by atoms with Crippen LogP contribution in [0.1, 0.15) is 12.8 Å². The first-order valence-corrected chi connectivity index (χ1v) is 14.2. The van der Waals surface area contributed by atoms with Crippen LogP contribution in [0.15, 0.2) is 60.8 Å². The maximum absolute atomic E-state index is 5.82. The van der Waals surface area contributed by atoms with Crippen molar-refractivity contribution in [3.05, 3.63) is 60.8 Å². The van der Waals surface area contributed by atoms with Gasteiger partial charge in [-0.25, -0.2) is 9.50 Å². The fraction of sp³-hybridized carbons (Fsp3) is 0.419. The van der Waals surface area contributed by atoms with Crippen LogP contribution < -0.4 is 19.7 Å². The Morgan fingerprint density at radius 2 is 1.75 bits per heavy atom. The Kier molecular flexibility index (Phi) is 7.75. The Bertz CT molecular complexity index is 1450. The van der Waals surface area contributed by atoms with Gasteiger partial charge >= 0.3 is 0 Å². The molecule has 0 aliphatic carbocycles. The SMILES string of the molecule is COc1cc(N2CCCC(CN3CCN(C)CC3)C2)ccc1Nc1ncc2ccc(-c3ccccc3OC)n2n1. The van der Waals surface area contributed by atoms with E-state index in [0.29, 0.717) is 11.9 Å². The number of ether oxygens (including phenoxy) is 2. The van der Waals surface area contributed by atoms with Crippen LogP contribution in [0.4, 0.5) is 17.3 Å². The van der Waals surface area contributed by atoms with Gasteiger partial charge < -0.3 is 29.5 Å². The summed E-state index contributed by atoms with van der Waals surface area (Å²) in [5.74, 6) is 2.77. The standard InChI is InChI=1S/C31H39N7O2/c1-35-15-17-36(18-16-35)21-23-7-6-14-37(22-23)24-10-12-27(30(19-24)40-3)33-31-32-20-25-11-13-28(38(25)34-31)26-8-4-5-9-29(26)39-2/h4-5,8-13,19-20,23H,6-7,14-18,21-22H2,1-3H3,(H,33,34). The number of hydrogen-bond acceptors (Lipinski definition) is 8. The third kappa shape index (κ3) is 5.57. The van der Waals surface area contributed by atoms with Crippen molar-refractivity contribution in [3.8, 4) is 22.8 Å². The van der Waals surface area contributed by atoms with Gasteiger partial charge in [-0.15, -0.1) is 5.10 Å². The molecule has 0 radical (unpaired) electrons. The molecule has 4 heterocycles. The molecular weight excluding hydrogens is 502 g/mol. The number of benzene rings is 2. The van der Waals surface area contributed by atoms with E-state index in [9.17, 15) is 0 Å². The van der Waals surface area contributed by atoms with Gasteiger partial charge in [0.25, 0.3) is 0 Å². The highest BCUT2D eigenvalue weighted by molar-refractivity contribution is 5.72. The second-order valence-corrected chi connectivity index (χ2v) is 10.9. The summed E-state index contributed by atoms with van der Waals surface area (Å²) in [6, 6.07) is 18.4. The Labute approximate surface area is 236 Å². The number of rotatable bonds is 8. The van der Waals surface area contributed by atoms with E-state index >= 15 is 0 Å². The van der Waals surface area contributed by atoms with Crippen LogP contribution in [0, 0.1) is 5.92 Å². The maximum Gasteiger partial charge on any atom is 0.245 e. The minimum Gasteiger partial charge on any atom is -0.496 e. The Morgan fingerprint density at radius 3 is 2.58 bits per heavy atom. The second kappa shape index (κ2) is 11.7. The van der Waals surface area contributed by atoms with Crippen molar-refractivity contribution in [3.63, 3.8) is 0 Å². The molecule has 40 heavy (non-hydrogen) atoms. The highest BCUT2D eigenvalue weighted by Gasteiger charge is 2.24.